The molecule has 130 valence electrons. The summed E-state index contributed by atoms with van der Waals surface area (Å²) < 4.78 is 17.1. The van der Waals surface area contributed by atoms with Crippen LogP contribution >= 0.6 is 0 Å². The van der Waals surface area contributed by atoms with Crippen LogP contribution in [-0.4, -0.2) is 62.1 Å². The molecule has 1 fully saturated rings. The standard InChI is InChI=1S/C12H23BN2O3.C3H6N2/c1-11(2)12(3,4)18-13(17-11)10-8-14-15(9-10)6-7-16-5;1-3(5)2-4/h9,14H,6-8H2,1-5H3;2,4-5H,1H3. The Hall–Kier alpha value is -1.22. The van der Waals surface area contributed by atoms with Crippen LogP contribution in [0.5, 0.6) is 0 Å². The summed E-state index contributed by atoms with van der Waals surface area (Å²) in [6, 6.07) is 0. The third-order valence-electron chi connectivity index (χ3n) is 4.12. The fourth-order valence-electron chi connectivity index (χ4n) is 1.96. The van der Waals surface area contributed by atoms with Gasteiger partial charge in [-0.15, -0.1) is 0 Å². The minimum atomic E-state index is -0.279. The molecule has 0 radical (unpaired) electrons. The molecule has 2 aliphatic heterocycles. The van der Waals surface area contributed by atoms with Gasteiger partial charge in [-0.05, 0) is 40.1 Å². The fourth-order valence-corrected chi connectivity index (χ4v) is 1.96. The van der Waals surface area contributed by atoms with Crippen LogP contribution in [0.1, 0.15) is 34.6 Å². The third-order valence-corrected chi connectivity index (χ3v) is 4.12. The Morgan fingerprint density at radius 3 is 2.35 bits per heavy atom. The van der Waals surface area contributed by atoms with E-state index in [0.29, 0.717) is 12.3 Å². The Kier molecular flexibility index (Phi) is 6.94. The number of nitrogens with zero attached hydrogens (tertiary/aromatic N) is 1. The third kappa shape index (κ3) is 5.42. The van der Waals surface area contributed by atoms with Gasteiger partial charge in [0.15, 0.2) is 0 Å². The molecule has 0 unspecified atom stereocenters. The summed E-state index contributed by atoms with van der Waals surface area (Å²) in [6.45, 7) is 12.1. The first kappa shape index (κ1) is 19.8. The summed E-state index contributed by atoms with van der Waals surface area (Å²) in [5.41, 5.74) is 4.14. The van der Waals surface area contributed by atoms with Crippen molar-refractivity contribution in [3.63, 3.8) is 0 Å². The number of methoxy groups -OCH3 is 1. The molecule has 0 aromatic rings. The molecule has 2 heterocycles. The number of hydrogen-bond acceptors (Lipinski definition) is 7. The predicted octanol–water partition coefficient (Wildman–Crippen LogP) is 1.64. The molecule has 2 rings (SSSR count). The minimum Gasteiger partial charge on any atom is -0.399 e. The Morgan fingerprint density at radius 1 is 1.39 bits per heavy atom. The summed E-state index contributed by atoms with van der Waals surface area (Å²) in [7, 11) is 1.45. The summed E-state index contributed by atoms with van der Waals surface area (Å²) in [5, 5.41) is 14.8. The van der Waals surface area contributed by atoms with Gasteiger partial charge < -0.3 is 29.9 Å². The Balaban J connectivity index is 0.000000463. The van der Waals surface area contributed by atoms with Crippen molar-refractivity contribution in [1.82, 2.24) is 10.4 Å². The molecule has 2 aliphatic rings. The molecule has 0 aliphatic carbocycles. The van der Waals surface area contributed by atoms with Crippen LogP contribution in [0.4, 0.5) is 0 Å². The van der Waals surface area contributed by atoms with Crippen LogP contribution in [0, 0.1) is 10.8 Å². The molecule has 0 aromatic carbocycles. The zero-order valence-electron chi connectivity index (χ0n) is 15.0. The molecule has 0 amide bonds. The molecule has 3 N–H and O–H groups in total. The molecule has 0 atom stereocenters. The maximum Gasteiger partial charge on any atom is 0.493 e. The second kappa shape index (κ2) is 8.05. The summed E-state index contributed by atoms with van der Waals surface area (Å²) in [5.74, 6) is 0. The maximum absolute atomic E-state index is 6.50. The summed E-state index contributed by atoms with van der Waals surface area (Å²) >= 11 is 0. The van der Waals surface area contributed by atoms with Crippen molar-refractivity contribution < 1.29 is 14.0 Å². The Bertz CT molecular complexity index is 450. The van der Waals surface area contributed by atoms with E-state index in [9.17, 15) is 0 Å². The van der Waals surface area contributed by atoms with E-state index in [-0.39, 0.29) is 18.3 Å². The smallest absolute Gasteiger partial charge is 0.399 e. The normalized spacial score (nSPS) is 21.6. The molecular formula is C15H29BN4O3. The highest BCUT2D eigenvalue weighted by Gasteiger charge is 2.52. The van der Waals surface area contributed by atoms with Crippen LogP contribution in [0.2, 0.25) is 0 Å². The molecule has 0 aromatic heterocycles. The van der Waals surface area contributed by atoms with E-state index < -0.39 is 0 Å². The molecule has 0 spiro atoms. The Morgan fingerprint density at radius 2 is 1.91 bits per heavy atom. The first-order valence-electron chi connectivity index (χ1n) is 7.74. The zero-order chi connectivity index (χ0) is 17.7. The zero-order valence-corrected chi connectivity index (χ0v) is 15.0. The van der Waals surface area contributed by atoms with Crippen molar-refractivity contribution >= 4 is 19.0 Å². The van der Waals surface area contributed by atoms with E-state index in [2.05, 4.69) is 39.3 Å². The van der Waals surface area contributed by atoms with Crippen LogP contribution in [-0.2, 0) is 14.0 Å². The number of hydrazine groups is 1. The lowest BCUT2D eigenvalue weighted by Gasteiger charge is -2.32. The van der Waals surface area contributed by atoms with E-state index in [1.54, 1.807) is 14.0 Å². The molecular weight excluding hydrogens is 295 g/mol. The largest absolute Gasteiger partial charge is 0.493 e. The van der Waals surface area contributed by atoms with Gasteiger partial charge in [0.25, 0.3) is 0 Å². The predicted molar refractivity (Wildman–Crippen MR) is 92.9 cm³/mol. The molecule has 0 saturated carbocycles. The van der Waals surface area contributed by atoms with E-state index in [1.807, 2.05) is 5.01 Å². The number of hydrogen-bond donors (Lipinski definition) is 3. The van der Waals surface area contributed by atoms with Crippen LogP contribution in [0.15, 0.2) is 11.7 Å². The summed E-state index contributed by atoms with van der Waals surface area (Å²) in [6.07, 6.45) is 3.06. The van der Waals surface area contributed by atoms with E-state index in [1.165, 1.54) is 0 Å². The topological polar surface area (TPSA) is 90.7 Å². The quantitative estimate of drug-likeness (QED) is 0.528. The van der Waals surface area contributed by atoms with Gasteiger partial charge in [0, 0.05) is 31.8 Å². The van der Waals surface area contributed by atoms with Gasteiger partial charge in [-0.2, -0.15) is 0 Å². The van der Waals surface area contributed by atoms with Crippen LogP contribution in [0.25, 0.3) is 0 Å². The van der Waals surface area contributed by atoms with E-state index >= 15 is 0 Å². The van der Waals surface area contributed by atoms with Crippen molar-refractivity contribution in [2.24, 2.45) is 0 Å². The monoisotopic (exact) mass is 324 g/mol. The van der Waals surface area contributed by atoms with E-state index in [0.717, 1.165) is 24.8 Å². The van der Waals surface area contributed by atoms with Gasteiger partial charge >= 0.3 is 7.12 Å². The van der Waals surface area contributed by atoms with Crippen molar-refractivity contribution in [2.45, 2.75) is 45.8 Å². The van der Waals surface area contributed by atoms with Gasteiger partial charge in [-0.3, -0.25) is 0 Å². The first-order valence-corrected chi connectivity index (χ1v) is 7.74. The lowest BCUT2D eigenvalue weighted by atomic mass is 9.79. The van der Waals surface area contributed by atoms with Gasteiger partial charge in [0.1, 0.15) is 0 Å². The molecule has 1 saturated heterocycles. The first-order chi connectivity index (χ1) is 10.6. The molecule has 7 nitrogen and oxygen atoms in total. The number of ether oxygens (including phenoxy) is 1. The molecule has 0 bridgehead atoms. The number of rotatable bonds is 5. The van der Waals surface area contributed by atoms with Gasteiger partial charge in [-0.25, -0.2) is 5.43 Å². The van der Waals surface area contributed by atoms with Gasteiger partial charge in [-0.1, -0.05) is 0 Å². The highest BCUT2D eigenvalue weighted by atomic mass is 16.7. The van der Waals surface area contributed by atoms with E-state index in [4.69, 9.17) is 24.9 Å². The summed E-state index contributed by atoms with van der Waals surface area (Å²) in [4.78, 5) is 0. The highest BCUT2D eigenvalue weighted by molar-refractivity contribution is 6.54. The number of nitrogens with one attached hydrogen (secondary N) is 3. The second-order valence-corrected chi connectivity index (χ2v) is 6.64. The molecule has 8 heteroatoms. The molecule has 23 heavy (non-hydrogen) atoms. The highest BCUT2D eigenvalue weighted by Crippen LogP contribution is 2.38. The maximum atomic E-state index is 6.50. The minimum absolute atomic E-state index is 0.255. The SMILES string of the molecule is CC(=N)C=N.COCCN1C=C(B2OC(C)(C)C(C)(C)O2)CN1. The average molecular weight is 324 g/mol. The van der Waals surface area contributed by atoms with Crippen molar-refractivity contribution in [1.29, 1.82) is 10.8 Å². The van der Waals surface area contributed by atoms with Gasteiger partial charge in [0.05, 0.1) is 24.4 Å². The Labute approximate surface area is 139 Å². The van der Waals surface area contributed by atoms with Crippen molar-refractivity contribution in [2.75, 3.05) is 26.8 Å². The van der Waals surface area contributed by atoms with Crippen LogP contribution in [0.3, 0.4) is 0 Å². The van der Waals surface area contributed by atoms with Crippen molar-refractivity contribution in [3.05, 3.63) is 11.7 Å². The fraction of sp³-hybridized carbons (Fsp3) is 0.733. The van der Waals surface area contributed by atoms with Gasteiger partial charge in [0.2, 0.25) is 0 Å². The second-order valence-electron chi connectivity index (χ2n) is 6.64. The van der Waals surface area contributed by atoms with Crippen molar-refractivity contribution in [3.8, 4) is 0 Å². The van der Waals surface area contributed by atoms with Crippen LogP contribution < -0.4 is 5.43 Å². The lowest BCUT2D eigenvalue weighted by Crippen LogP contribution is -2.41. The average Bonchev–Trinajstić information content (AvgIpc) is 3.00. The lowest BCUT2D eigenvalue weighted by molar-refractivity contribution is 0.00578.